The summed E-state index contributed by atoms with van der Waals surface area (Å²) in [6.45, 7) is 6.18. The van der Waals surface area contributed by atoms with Crippen molar-refractivity contribution in [3.63, 3.8) is 0 Å². The number of halogens is 1. The highest BCUT2D eigenvalue weighted by Crippen LogP contribution is 2.11. The summed E-state index contributed by atoms with van der Waals surface area (Å²) in [5, 5.41) is 11.5. The van der Waals surface area contributed by atoms with Crippen LogP contribution < -0.4 is 5.32 Å². The Labute approximate surface area is 96.2 Å². The maximum absolute atomic E-state index is 12.6. The number of carbonyl (C=O) groups excluding carboxylic acids is 1. The van der Waals surface area contributed by atoms with Gasteiger partial charge in [-0.2, -0.15) is 0 Å². The number of alkyl halides is 1. The van der Waals surface area contributed by atoms with Gasteiger partial charge in [0.2, 0.25) is 0 Å². The second-order valence-electron chi connectivity index (χ2n) is 4.76. The molecule has 4 nitrogen and oxygen atoms in total. The Hall–Kier alpha value is -0.840. The molecule has 0 aromatic heterocycles. The Kier molecular flexibility index (Phi) is 6.33. The molecule has 0 rings (SSSR count). The van der Waals surface area contributed by atoms with Gasteiger partial charge in [0.15, 0.2) is 0 Å². The van der Waals surface area contributed by atoms with Crippen LogP contribution in [0.3, 0.4) is 0 Å². The lowest BCUT2D eigenvalue weighted by molar-refractivity contribution is 0.0444. The number of carbonyl (C=O) groups is 1. The zero-order valence-corrected chi connectivity index (χ0v) is 10.4. The number of nitrogens with one attached hydrogen (secondary N) is 1. The number of ether oxygens (including phenoxy) is 1. The van der Waals surface area contributed by atoms with Crippen molar-refractivity contribution < 1.29 is 19.0 Å². The van der Waals surface area contributed by atoms with Gasteiger partial charge in [-0.25, -0.2) is 4.79 Å². The Morgan fingerprint density at radius 3 is 2.38 bits per heavy atom. The fraction of sp³-hybridized carbons (Fsp3) is 0.909. The van der Waals surface area contributed by atoms with E-state index in [2.05, 4.69) is 5.32 Å². The van der Waals surface area contributed by atoms with Crippen molar-refractivity contribution in [2.24, 2.45) is 5.92 Å². The molecule has 0 aliphatic rings. The Bertz CT molecular complexity index is 212. The first-order chi connectivity index (χ1) is 7.34. The summed E-state index contributed by atoms with van der Waals surface area (Å²) in [5.41, 5.74) is -0.596. The van der Waals surface area contributed by atoms with Crippen LogP contribution in [-0.2, 0) is 4.74 Å². The van der Waals surface area contributed by atoms with Crippen molar-refractivity contribution >= 4 is 6.09 Å². The molecule has 0 aliphatic carbocycles. The van der Waals surface area contributed by atoms with Crippen LogP contribution in [0.2, 0.25) is 0 Å². The van der Waals surface area contributed by atoms with Gasteiger partial charge in [-0.3, -0.25) is 4.39 Å². The fourth-order valence-corrected chi connectivity index (χ4v) is 1.27. The van der Waals surface area contributed by atoms with Gasteiger partial charge in [0, 0.05) is 5.92 Å². The van der Waals surface area contributed by atoms with Crippen LogP contribution in [-0.4, -0.2) is 36.1 Å². The molecule has 0 spiro atoms. The number of rotatable bonds is 5. The van der Waals surface area contributed by atoms with E-state index in [0.717, 1.165) is 0 Å². The average Bonchev–Trinajstić information content (AvgIpc) is 2.15. The fourth-order valence-electron chi connectivity index (χ4n) is 1.27. The third-order valence-corrected chi connectivity index (χ3v) is 2.19. The molecule has 2 atom stereocenters. The Balaban J connectivity index is 4.26. The zero-order chi connectivity index (χ0) is 12.8. The second kappa shape index (κ2) is 6.68. The third kappa shape index (κ3) is 5.90. The predicted molar refractivity (Wildman–Crippen MR) is 60.0 cm³/mol. The van der Waals surface area contributed by atoms with Gasteiger partial charge in [-0.15, -0.1) is 0 Å². The van der Waals surface area contributed by atoms with Gasteiger partial charge in [-0.05, 0) is 27.2 Å². The third-order valence-electron chi connectivity index (χ3n) is 2.19. The summed E-state index contributed by atoms with van der Waals surface area (Å²) in [6, 6.07) is -0.593. The summed E-state index contributed by atoms with van der Waals surface area (Å²) in [5.74, 6) is -0.377. The normalized spacial score (nSPS) is 15.4. The highest BCUT2D eigenvalue weighted by molar-refractivity contribution is 5.68. The van der Waals surface area contributed by atoms with E-state index in [9.17, 15) is 9.18 Å². The van der Waals surface area contributed by atoms with Gasteiger partial charge in [0.25, 0.3) is 0 Å². The van der Waals surface area contributed by atoms with Crippen LogP contribution in [0.4, 0.5) is 9.18 Å². The maximum Gasteiger partial charge on any atom is 0.407 e. The predicted octanol–water partition coefficient (Wildman–Crippen LogP) is 1.87. The average molecular weight is 235 g/mol. The smallest absolute Gasteiger partial charge is 0.407 e. The number of aliphatic hydroxyl groups excluding tert-OH is 1. The molecule has 0 aromatic carbocycles. The van der Waals surface area contributed by atoms with E-state index in [1.165, 1.54) is 0 Å². The first-order valence-electron chi connectivity index (χ1n) is 5.50. The molecule has 96 valence electrons. The quantitative estimate of drug-likeness (QED) is 0.764. The SMILES string of the molecule is CCC(CF)C(CO)NC(=O)OC(C)(C)C. The number of hydrogen-bond donors (Lipinski definition) is 2. The largest absolute Gasteiger partial charge is 0.444 e. The lowest BCUT2D eigenvalue weighted by Gasteiger charge is -2.26. The minimum Gasteiger partial charge on any atom is -0.444 e. The molecule has 0 radical (unpaired) electrons. The number of amides is 1. The van der Waals surface area contributed by atoms with Crippen molar-refractivity contribution in [3.05, 3.63) is 0 Å². The number of aliphatic hydroxyl groups is 1. The zero-order valence-electron chi connectivity index (χ0n) is 10.4. The van der Waals surface area contributed by atoms with E-state index in [0.29, 0.717) is 6.42 Å². The molecule has 0 bridgehead atoms. The molecule has 0 aromatic rings. The molecule has 0 saturated carbocycles. The molecule has 16 heavy (non-hydrogen) atoms. The number of hydrogen-bond acceptors (Lipinski definition) is 3. The molecule has 0 heterocycles. The van der Waals surface area contributed by atoms with Crippen LogP contribution in [0, 0.1) is 5.92 Å². The van der Waals surface area contributed by atoms with Crippen molar-refractivity contribution in [1.82, 2.24) is 5.32 Å². The molecule has 5 heteroatoms. The van der Waals surface area contributed by atoms with E-state index in [1.807, 2.05) is 6.92 Å². The molecule has 2 unspecified atom stereocenters. The first-order valence-corrected chi connectivity index (χ1v) is 5.50. The van der Waals surface area contributed by atoms with Crippen LogP contribution in [0.25, 0.3) is 0 Å². The molecule has 2 N–H and O–H groups in total. The Morgan fingerprint density at radius 1 is 1.50 bits per heavy atom. The minimum absolute atomic E-state index is 0.290. The first kappa shape index (κ1) is 15.2. The van der Waals surface area contributed by atoms with Gasteiger partial charge < -0.3 is 15.2 Å². The Morgan fingerprint density at radius 2 is 2.06 bits per heavy atom. The summed E-state index contributed by atoms with van der Waals surface area (Å²) in [4.78, 5) is 11.4. The lowest BCUT2D eigenvalue weighted by Crippen LogP contribution is -2.45. The highest BCUT2D eigenvalue weighted by atomic mass is 19.1. The van der Waals surface area contributed by atoms with Gasteiger partial charge in [-0.1, -0.05) is 6.92 Å². The molecule has 0 saturated heterocycles. The van der Waals surface area contributed by atoms with Crippen LogP contribution in [0.1, 0.15) is 34.1 Å². The van der Waals surface area contributed by atoms with Crippen LogP contribution >= 0.6 is 0 Å². The lowest BCUT2D eigenvalue weighted by atomic mass is 9.99. The maximum atomic E-state index is 12.6. The number of alkyl carbamates (subject to hydrolysis) is 1. The standard InChI is InChI=1S/C11H22FNO3/c1-5-8(6-12)9(7-14)13-10(15)16-11(2,3)4/h8-9,14H,5-7H2,1-4H3,(H,13,15). The van der Waals surface area contributed by atoms with E-state index >= 15 is 0 Å². The van der Waals surface area contributed by atoms with Gasteiger partial charge >= 0.3 is 6.09 Å². The highest BCUT2D eigenvalue weighted by Gasteiger charge is 2.24. The molecular formula is C11H22FNO3. The molecule has 1 amide bonds. The summed E-state index contributed by atoms with van der Waals surface area (Å²) in [6.07, 6.45) is -0.0733. The molecular weight excluding hydrogens is 213 g/mol. The second-order valence-corrected chi connectivity index (χ2v) is 4.76. The summed E-state index contributed by atoms with van der Waals surface area (Å²) in [7, 11) is 0. The van der Waals surface area contributed by atoms with Crippen molar-refractivity contribution in [2.75, 3.05) is 13.3 Å². The van der Waals surface area contributed by atoms with Crippen molar-refractivity contribution in [2.45, 2.75) is 45.8 Å². The van der Waals surface area contributed by atoms with E-state index in [1.54, 1.807) is 20.8 Å². The molecule has 0 fully saturated rings. The van der Waals surface area contributed by atoms with E-state index in [4.69, 9.17) is 9.84 Å². The monoisotopic (exact) mass is 235 g/mol. The van der Waals surface area contributed by atoms with Crippen LogP contribution in [0.15, 0.2) is 0 Å². The van der Waals surface area contributed by atoms with E-state index in [-0.39, 0.29) is 12.5 Å². The molecule has 0 aliphatic heterocycles. The van der Waals surface area contributed by atoms with Crippen molar-refractivity contribution in [1.29, 1.82) is 0 Å². The van der Waals surface area contributed by atoms with Crippen molar-refractivity contribution in [3.8, 4) is 0 Å². The van der Waals surface area contributed by atoms with Crippen LogP contribution in [0.5, 0.6) is 0 Å². The van der Waals surface area contributed by atoms with Gasteiger partial charge in [0.1, 0.15) is 5.60 Å². The summed E-state index contributed by atoms with van der Waals surface area (Å²) >= 11 is 0. The summed E-state index contributed by atoms with van der Waals surface area (Å²) < 4.78 is 17.6. The van der Waals surface area contributed by atoms with Gasteiger partial charge in [0.05, 0.1) is 19.3 Å². The topological polar surface area (TPSA) is 58.6 Å². The van der Waals surface area contributed by atoms with E-state index < -0.39 is 24.4 Å². The minimum atomic E-state index is -0.626.